The van der Waals surface area contributed by atoms with Gasteiger partial charge in [0.05, 0.1) is 11.3 Å². The molecule has 0 atom stereocenters. The molecule has 0 aliphatic carbocycles. The number of hydrogen-bond acceptors (Lipinski definition) is 5. The molecule has 82 valence electrons. The Morgan fingerprint density at radius 2 is 2.40 bits per heavy atom. The van der Waals surface area contributed by atoms with Gasteiger partial charge in [0.25, 0.3) is 0 Å². The first-order valence-corrected chi connectivity index (χ1v) is 5.12. The Kier molecular flexibility index (Phi) is 4.19. The number of nitro groups is 1. The van der Waals surface area contributed by atoms with Gasteiger partial charge < -0.3 is 10.4 Å². The predicted molar refractivity (Wildman–Crippen MR) is 54.9 cm³/mol. The molecule has 0 bridgehead atoms. The zero-order valence-corrected chi connectivity index (χ0v) is 8.62. The van der Waals surface area contributed by atoms with Gasteiger partial charge in [-0.25, -0.2) is 0 Å². The van der Waals surface area contributed by atoms with Crippen LogP contribution in [0.15, 0.2) is 11.4 Å². The molecular weight excluding hydrogens is 220 g/mol. The maximum atomic E-state index is 10.4. The van der Waals surface area contributed by atoms with Crippen molar-refractivity contribution in [3.8, 4) is 0 Å². The third kappa shape index (κ3) is 4.05. The summed E-state index contributed by atoms with van der Waals surface area (Å²) in [4.78, 5) is 20.1. The molecule has 1 aromatic rings. The minimum absolute atomic E-state index is 0.0478. The molecule has 1 heterocycles. The topological polar surface area (TPSA) is 92.5 Å². The summed E-state index contributed by atoms with van der Waals surface area (Å²) in [5.41, 5.74) is 0.803. The van der Waals surface area contributed by atoms with E-state index in [-0.39, 0.29) is 11.4 Å². The van der Waals surface area contributed by atoms with Crippen molar-refractivity contribution in [1.82, 2.24) is 5.32 Å². The van der Waals surface area contributed by atoms with Crippen LogP contribution in [0, 0.1) is 10.1 Å². The zero-order chi connectivity index (χ0) is 11.3. The van der Waals surface area contributed by atoms with Crippen molar-refractivity contribution < 1.29 is 14.8 Å². The summed E-state index contributed by atoms with van der Waals surface area (Å²) in [6.07, 6.45) is 0.0478. The Balaban J connectivity index is 2.31. The second-order valence-electron chi connectivity index (χ2n) is 2.87. The highest BCUT2D eigenvalue weighted by Gasteiger charge is 2.08. The molecule has 0 aromatic carbocycles. The zero-order valence-electron chi connectivity index (χ0n) is 7.80. The van der Waals surface area contributed by atoms with E-state index in [2.05, 4.69) is 5.32 Å². The van der Waals surface area contributed by atoms with Crippen molar-refractivity contribution in [1.29, 1.82) is 0 Å². The Morgan fingerprint density at radius 1 is 1.67 bits per heavy atom. The van der Waals surface area contributed by atoms with Crippen molar-refractivity contribution >= 4 is 22.3 Å². The van der Waals surface area contributed by atoms with Gasteiger partial charge in [0.1, 0.15) is 0 Å². The third-order valence-corrected chi connectivity index (χ3v) is 2.59. The first kappa shape index (κ1) is 11.6. The second kappa shape index (κ2) is 5.42. The Bertz CT molecular complexity index is 363. The SMILES string of the molecule is O=C(O)CCNCc1csc([N+](=O)[O-])c1. The molecule has 1 rings (SSSR count). The third-order valence-electron chi connectivity index (χ3n) is 1.66. The van der Waals surface area contributed by atoms with Crippen LogP contribution in [0.3, 0.4) is 0 Å². The van der Waals surface area contributed by atoms with Gasteiger partial charge in [-0.05, 0) is 5.56 Å². The number of carboxylic acid groups (broad SMARTS) is 1. The van der Waals surface area contributed by atoms with E-state index in [1.807, 2.05) is 0 Å². The van der Waals surface area contributed by atoms with Crippen LogP contribution in [0.5, 0.6) is 0 Å². The number of carbonyl (C=O) groups is 1. The number of thiophene rings is 1. The standard InChI is InChI=1S/C8H10N2O4S/c11-8(12)1-2-9-4-6-3-7(10(13)14)15-5-6/h3,5,9H,1-2,4H2,(H,11,12). The number of rotatable bonds is 6. The molecule has 0 amide bonds. The van der Waals surface area contributed by atoms with Gasteiger partial charge in [-0.1, -0.05) is 11.3 Å². The summed E-state index contributed by atoms with van der Waals surface area (Å²) in [7, 11) is 0. The van der Waals surface area contributed by atoms with Gasteiger partial charge in [0.15, 0.2) is 0 Å². The first-order valence-electron chi connectivity index (χ1n) is 4.24. The molecule has 7 heteroatoms. The highest BCUT2D eigenvalue weighted by molar-refractivity contribution is 7.13. The number of nitrogens with zero attached hydrogens (tertiary/aromatic N) is 1. The van der Waals surface area contributed by atoms with E-state index >= 15 is 0 Å². The van der Waals surface area contributed by atoms with E-state index in [4.69, 9.17) is 5.11 Å². The number of aliphatic carboxylic acids is 1. The monoisotopic (exact) mass is 230 g/mol. The summed E-state index contributed by atoms with van der Waals surface area (Å²) >= 11 is 1.07. The minimum atomic E-state index is -0.862. The van der Waals surface area contributed by atoms with Gasteiger partial charge in [-0.15, -0.1) is 0 Å². The molecular formula is C8H10N2O4S. The van der Waals surface area contributed by atoms with E-state index in [0.717, 1.165) is 16.9 Å². The van der Waals surface area contributed by atoms with Crippen LogP contribution in [0.2, 0.25) is 0 Å². The molecule has 0 fully saturated rings. The molecule has 0 radical (unpaired) electrons. The average Bonchev–Trinajstić information content (AvgIpc) is 2.60. The highest BCUT2D eigenvalue weighted by Crippen LogP contribution is 2.22. The maximum absolute atomic E-state index is 10.4. The van der Waals surface area contributed by atoms with E-state index in [1.165, 1.54) is 6.07 Å². The summed E-state index contributed by atoms with van der Waals surface area (Å²) < 4.78 is 0. The summed E-state index contributed by atoms with van der Waals surface area (Å²) in [5, 5.41) is 23.4. The van der Waals surface area contributed by atoms with Gasteiger partial charge in [0.2, 0.25) is 0 Å². The fraction of sp³-hybridized carbons (Fsp3) is 0.375. The molecule has 6 nitrogen and oxygen atoms in total. The van der Waals surface area contributed by atoms with Crippen LogP contribution in [0.1, 0.15) is 12.0 Å². The molecule has 1 aromatic heterocycles. The first-order chi connectivity index (χ1) is 7.09. The summed E-state index contributed by atoms with van der Waals surface area (Å²) in [5.74, 6) is -0.862. The largest absolute Gasteiger partial charge is 0.481 e. The Morgan fingerprint density at radius 3 is 2.93 bits per heavy atom. The fourth-order valence-electron chi connectivity index (χ4n) is 0.979. The second-order valence-corrected chi connectivity index (χ2v) is 3.76. The van der Waals surface area contributed by atoms with Crippen molar-refractivity contribution in [3.63, 3.8) is 0 Å². The quantitative estimate of drug-likeness (QED) is 0.435. The summed E-state index contributed by atoms with van der Waals surface area (Å²) in [6.45, 7) is 0.816. The normalized spacial score (nSPS) is 10.1. The maximum Gasteiger partial charge on any atom is 0.324 e. The van der Waals surface area contributed by atoms with E-state index in [1.54, 1.807) is 5.38 Å². The lowest BCUT2D eigenvalue weighted by molar-refractivity contribution is -0.380. The molecule has 2 N–H and O–H groups in total. The number of hydrogen-bond donors (Lipinski definition) is 2. The molecule has 0 unspecified atom stereocenters. The van der Waals surface area contributed by atoms with Crippen LogP contribution in [-0.4, -0.2) is 22.5 Å². The molecule has 0 aliphatic heterocycles. The number of carboxylic acids is 1. The van der Waals surface area contributed by atoms with Crippen LogP contribution in [0.4, 0.5) is 5.00 Å². The lowest BCUT2D eigenvalue weighted by atomic mass is 10.3. The van der Waals surface area contributed by atoms with Crippen molar-refractivity contribution in [2.24, 2.45) is 0 Å². The Labute approximate surface area is 89.7 Å². The van der Waals surface area contributed by atoms with Gasteiger partial charge in [-0.2, -0.15) is 0 Å². The molecule has 0 spiro atoms. The van der Waals surface area contributed by atoms with Gasteiger partial charge >= 0.3 is 11.0 Å². The fourth-order valence-corrected chi connectivity index (χ4v) is 1.71. The van der Waals surface area contributed by atoms with Gasteiger partial charge in [-0.3, -0.25) is 14.9 Å². The predicted octanol–water partition coefficient (Wildman–Crippen LogP) is 1.22. The minimum Gasteiger partial charge on any atom is -0.481 e. The van der Waals surface area contributed by atoms with Crippen molar-refractivity contribution in [3.05, 3.63) is 27.1 Å². The van der Waals surface area contributed by atoms with Crippen LogP contribution < -0.4 is 5.32 Å². The molecule has 0 saturated carbocycles. The van der Waals surface area contributed by atoms with E-state index in [0.29, 0.717) is 13.1 Å². The number of nitrogens with one attached hydrogen (secondary N) is 1. The lowest BCUT2D eigenvalue weighted by Crippen LogP contribution is -2.17. The van der Waals surface area contributed by atoms with Crippen molar-refractivity contribution in [2.75, 3.05) is 6.54 Å². The van der Waals surface area contributed by atoms with Gasteiger partial charge in [0, 0.05) is 24.5 Å². The smallest absolute Gasteiger partial charge is 0.324 e. The van der Waals surface area contributed by atoms with Crippen LogP contribution in [0.25, 0.3) is 0 Å². The molecule has 15 heavy (non-hydrogen) atoms. The summed E-state index contributed by atoms with van der Waals surface area (Å²) in [6, 6.07) is 1.48. The Hall–Kier alpha value is -1.47. The van der Waals surface area contributed by atoms with Crippen LogP contribution >= 0.6 is 11.3 Å². The van der Waals surface area contributed by atoms with Crippen molar-refractivity contribution in [2.45, 2.75) is 13.0 Å². The van der Waals surface area contributed by atoms with Crippen LogP contribution in [-0.2, 0) is 11.3 Å². The van der Waals surface area contributed by atoms with E-state index in [9.17, 15) is 14.9 Å². The molecule has 0 aliphatic rings. The molecule has 0 saturated heterocycles. The lowest BCUT2D eigenvalue weighted by Gasteiger charge is -1.98. The average molecular weight is 230 g/mol. The van der Waals surface area contributed by atoms with E-state index < -0.39 is 10.9 Å². The highest BCUT2D eigenvalue weighted by atomic mass is 32.1.